The third-order valence-electron chi connectivity index (χ3n) is 4.15. The van der Waals surface area contributed by atoms with Crippen molar-refractivity contribution >= 4 is 11.8 Å². The van der Waals surface area contributed by atoms with E-state index >= 15 is 0 Å². The minimum Gasteiger partial charge on any atom is -0.497 e. The Morgan fingerprint density at radius 3 is 2.54 bits per heavy atom. The summed E-state index contributed by atoms with van der Waals surface area (Å²) in [5.74, 6) is 0.501. The maximum absolute atomic E-state index is 12.1. The number of benzene rings is 1. The summed E-state index contributed by atoms with van der Waals surface area (Å²) in [6.07, 6.45) is 3.05. The van der Waals surface area contributed by atoms with Crippen molar-refractivity contribution in [3.8, 4) is 5.75 Å². The molecule has 7 heteroatoms. The van der Waals surface area contributed by atoms with E-state index in [4.69, 9.17) is 9.47 Å². The lowest BCUT2D eigenvalue weighted by Gasteiger charge is -2.31. The highest BCUT2D eigenvalue weighted by Crippen LogP contribution is 2.16. The Morgan fingerprint density at radius 2 is 1.92 bits per heavy atom. The summed E-state index contributed by atoms with van der Waals surface area (Å²) in [7, 11) is 1.60. The molecule has 1 aromatic rings. The Hall–Kier alpha value is -2.38. The number of carbonyl (C=O) groups excluding carboxylic acids is 2. The third-order valence-corrected chi connectivity index (χ3v) is 4.15. The standard InChI is InChI=1S/C19H26N2O5/c1-3-18(23)21-16-9-8-15(26-17(16)12-22)10-19(24)20-11-13-4-6-14(25-2)7-5-13/h4-9,15-17,22H,3,10-12H2,1-2H3,(H,20,24)(H,21,23)/t15-,16+,17-/m1/s1. The Bertz CT molecular complexity index is 629. The van der Waals surface area contributed by atoms with Crippen LogP contribution in [0.15, 0.2) is 36.4 Å². The van der Waals surface area contributed by atoms with Crippen LogP contribution in [0.25, 0.3) is 0 Å². The summed E-state index contributed by atoms with van der Waals surface area (Å²) in [6, 6.07) is 7.07. The molecule has 0 radical (unpaired) electrons. The zero-order chi connectivity index (χ0) is 18.9. The van der Waals surface area contributed by atoms with E-state index in [0.29, 0.717) is 13.0 Å². The van der Waals surface area contributed by atoms with Gasteiger partial charge in [0.25, 0.3) is 0 Å². The van der Waals surface area contributed by atoms with E-state index in [1.807, 2.05) is 24.3 Å². The van der Waals surface area contributed by atoms with E-state index in [-0.39, 0.29) is 30.9 Å². The molecule has 7 nitrogen and oxygen atoms in total. The molecule has 0 aliphatic carbocycles. The topological polar surface area (TPSA) is 96.9 Å². The molecular weight excluding hydrogens is 336 g/mol. The Morgan fingerprint density at radius 1 is 1.19 bits per heavy atom. The van der Waals surface area contributed by atoms with Crippen LogP contribution < -0.4 is 15.4 Å². The molecule has 1 heterocycles. The summed E-state index contributed by atoms with van der Waals surface area (Å²) in [5.41, 5.74) is 0.967. The summed E-state index contributed by atoms with van der Waals surface area (Å²) in [5, 5.41) is 15.1. The zero-order valence-corrected chi connectivity index (χ0v) is 15.1. The number of hydrogen-bond donors (Lipinski definition) is 3. The van der Waals surface area contributed by atoms with Gasteiger partial charge >= 0.3 is 0 Å². The highest BCUT2D eigenvalue weighted by Gasteiger charge is 2.28. The number of aliphatic hydroxyl groups excluding tert-OH is 1. The second-order valence-electron chi connectivity index (χ2n) is 6.06. The van der Waals surface area contributed by atoms with Crippen LogP contribution in [0.2, 0.25) is 0 Å². The average molecular weight is 362 g/mol. The lowest BCUT2D eigenvalue weighted by Crippen LogP contribution is -2.48. The van der Waals surface area contributed by atoms with Gasteiger partial charge < -0.3 is 25.2 Å². The smallest absolute Gasteiger partial charge is 0.223 e. The summed E-state index contributed by atoms with van der Waals surface area (Å²) in [4.78, 5) is 23.6. The first-order valence-corrected chi connectivity index (χ1v) is 8.69. The van der Waals surface area contributed by atoms with E-state index in [9.17, 15) is 14.7 Å². The van der Waals surface area contributed by atoms with E-state index in [1.165, 1.54) is 0 Å². The van der Waals surface area contributed by atoms with Gasteiger partial charge in [-0.1, -0.05) is 31.2 Å². The molecule has 26 heavy (non-hydrogen) atoms. The lowest BCUT2D eigenvalue weighted by molar-refractivity contribution is -0.128. The van der Waals surface area contributed by atoms with Crippen molar-refractivity contribution in [3.05, 3.63) is 42.0 Å². The first-order valence-electron chi connectivity index (χ1n) is 8.69. The zero-order valence-electron chi connectivity index (χ0n) is 15.1. The predicted octanol–water partition coefficient (Wildman–Crippen LogP) is 0.912. The van der Waals surface area contributed by atoms with Gasteiger partial charge in [-0.15, -0.1) is 0 Å². The van der Waals surface area contributed by atoms with E-state index < -0.39 is 12.2 Å². The minimum absolute atomic E-state index is 0.114. The monoisotopic (exact) mass is 362 g/mol. The van der Waals surface area contributed by atoms with Gasteiger partial charge in [-0.2, -0.15) is 0 Å². The third kappa shape index (κ3) is 5.86. The predicted molar refractivity (Wildman–Crippen MR) is 96.6 cm³/mol. The molecule has 142 valence electrons. The molecule has 0 saturated heterocycles. The molecule has 1 aliphatic rings. The van der Waals surface area contributed by atoms with Gasteiger partial charge in [0.1, 0.15) is 11.9 Å². The molecular formula is C19H26N2O5. The van der Waals surface area contributed by atoms with Gasteiger partial charge in [-0.3, -0.25) is 9.59 Å². The fourth-order valence-corrected chi connectivity index (χ4v) is 2.62. The summed E-state index contributed by atoms with van der Waals surface area (Å²) >= 11 is 0. The Balaban J connectivity index is 1.82. The molecule has 0 spiro atoms. The largest absolute Gasteiger partial charge is 0.497 e. The first kappa shape index (κ1) is 19.9. The number of carbonyl (C=O) groups is 2. The number of aliphatic hydroxyl groups is 1. The molecule has 1 aromatic carbocycles. The van der Waals surface area contributed by atoms with Gasteiger partial charge in [0.15, 0.2) is 0 Å². The Labute approximate surface area is 153 Å². The molecule has 2 rings (SSSR count). The van der Waals surface area contributed by atoms with Crippen molar-refractivity contribution in [2.45, 2.75) is 44.6 Å². The molecule has 2 amide bonds. The fourth-order valence-electron chi connectivity index (χ4n) is 2.62. The number of rotatable bonds is 8. The normalized spacial score (nSPS) is 21.9. The van der Waals surface area contributed by atoms with Gasteiger partial charge in [-0.05, 0) is 17.7 Å². The highest BCUT2D eigenvalue weighted by molar-refractivity contribution is 5.77. The maximum atomic E-state index is 12.1. The number of nitrogens with one attached hydrogen (secondary N) is 2. The van der Waals surface area contributed by atoms with E-state index in [0.717, 1.165) is 11.3 Å². The highest BCUT2D eigenvalue weighted by atomic mass is 16.5. The van der Waals surface area contributed by atoms with E-state index in [2.05, 4.69) is 10.6 Å². The van der Waals surface area contributed by atoms with Crippen molar-refractivity contribution in [1.29, 1.82) is 0 Å². The molecule has 3 N–H and O–H groups in total. The van der Waals surface area contributed by atoms with Crippen LogP contribution in [-0.2, 0) is 20.9 Å². The molecule has 0 fully saturated rings. The average Bonchev–Trinajstić information content (AvgIpc) is 2.67. The SMILES string of the molecule is CCC(=O)N[C@H]1C=C[C@H](CC(=O)NCc2ccc(OC)cc2)O[C@@H]1CO. The number of ether oxygens (including phenoxy) is 2. The van der Waals surface area contributed by atoms with Crippen LogP contribution in [0.3, 0.4) is 0 Å². The van der Waals surface area contributed by atoms with Crippen LogP contribution >= 0.6 is 0 Å². The molecule has 3 atom stereocenters. The van der Waals surface area contributed by atoms with Crippen LogP contribution in [0.4, 0.5) is 0 Å². The first-order chi connectivity index (χ1) is 12.5. The Kier molecular flexibility index (Phi) is 7.62. The second-order valence-corrected chi connectivity index (χ2v) is 6.06. The fraction of sp³-hybridized carbons (Fsp3) is 0.474. The van der Waals surface area contributed by atoms with Gasteiger partial charge in [0.2, 0.25) is 11.8 Å². The maximum Gasteiger partial charge on any atom is 0.223 e. The van der Waals surface area contributed by atoms with Crippen molar-refractivity contribution in [2.24, 2.45) is 0 Å². The van der Waals surface area contributed by atoms with Crippen LogP contribution in [0, 0.1) is 0 Å². The second kappa shape index (κ2) is 9.94. The lowest BCUT2D eigenvalue weighted by atomic mass is 10.0. The van der Waals surface area contributed by atoms with Crippen molar-refractivity contribution in [3.63, 3.8) is 0 Å². The minimum atomic E-state index is -0.560. The number of hydrogen-bond acceptors (Lipinski definition) is 5. The van der Waals surface area contributed by atoms with Gasteiger partial charge in [0, 0.05) is 13.0 Å². The summed E-state index contributed by atoms with van der Waals surface area (Å²) < 4.78 is 10.8. The molecule has 0 saturated carbocycles. The molecule has 0 unspecified atom stereocenters. The van der Waals surface area contributed by atoms with Crippen molar-refractivity contribution in [2.75, 3.05) is 13.7 Å². The van der Waals surface area contributed by atoms with Crippen LogP contribution in [-0.4, -0.2) is 48.9 Å². The summed E-state index contributed by atoms with van der Waals surface area (Å²) in [6.45, 7) is 1.94. The number of methoxy groups -OCH3 is 1. The molecule has 0 aromatic heterocycles. The number of amides is 2. The van der Waals surface area contributed by atoms with Crippen LogP contribution in [0.5, 0.6) is 5.75 Å². The van der Waals surface area contributed by atoms with Crippen molar-refractivity contribution in [1.82, 2.24) is 10.6 Å². The molecule has 1 aliphatic heterocycles. The molecule has 0 bridgehead atoms. The quantitative estimate of drug-likeness (QED) is 0.598. The van der Waals surface area contributed by atoms with E-state index in [1.54, 1.807) is 26.2 Å². The van der Waals surface area contributed by atoms with Gasteiger partial charge in [-0.25, -0.2) is 0 Å². The van der Waals surface area contributed by atoms with Gasteiger partial charge in [0.05, 0.1) is 32.3 Å². The van der Waals surface area contributed by atoms with Crippen molar-refractivity contribution < 1.29 is 24.2 Å². The van der Waals surface area contributed by atoms with Crippen LogP contribution in [0.1, 0.15) is 25.3 Å².